The van der Waals surface area contributed by atoms with Crippen LogP contribution in [0.1, 0.15) is 226 Å². The molecule has 0 radical (unpaired) electrons. The molecule has 0 fully saturated rings. The fourth-order valence-electron chi connectivity index (χ4n) is 6.78. The number of allylic oxidation sites excluding steroid dienone is 7. The molecule has 0 aliphatic rings. The van der Waals surface area contributed by atoms with E-state index in [9.17, 15) is 19.5 Å². The second-order valence-corrected chi connectivity index (χ2v) is 15.8. The number of hydrogen-bond donors (Lipinski definition) is 3. The molecule has 0 aromatic heterocycles. The number of carbonyl (C=O) groups excluding carboxylic acids is 2. The number of rotatable bonds is 42. The maximum atomic E-state index is 12.8. The Kier molecular flexibility index (Phi) is 41.4. The smallest absolute Gasteiger partial charge is 0.326 e. The summed E-state index contributed by atoms with van der Waals surface area (Å²) in [6.07, 6.45) is 53.2. The Morgan fingerprint density at radius 1 is 0.536 bits per heavy atom. The monoisotopic (exact) mass is 785 g/mol. The highest BCUT2D eigenvalue weighted by molar-refractivity contribution is 5.83. The van der Waals surface area contributed by atoms with Gasteiger partial charge in [-0.2, -0.15) is 0 Å². The molecule has 324 valence electrons. The molecule has 0 saturated heterocycles. The van der Waals surface area contributed by atoms with Gasteiger partial charge in [-0.25, -0.2) is 4.79 Å². The zero-order valence-corrected chi connectivity index (χ0v) is 36.5. The minimum atomic E-state index is -1.02. The Bertz CT molecular complexity index is 1020. The van der Waals surface area contributed by atoms with Crippen LogP contribution in [0.5, 0.6) is 0 Å². The summed E-state index contributed by atoms with van der Waals surface area (Å²) in [7, 11) is 0. The van der Waals surface area contributed by atoms with Crippen LogP contribution in [0.4, 0.5) is 0 Å². The normalized spacial score (nSPS) is 13.1. The van der Waals surface area contributed by atoms with Gasteiger partial charge in [-0.1, -0.05) is 166 Å². The molecule has 0 aromatic carbocycles. The number of nitrogens with two attached hydrogens (primary N) is 1. The Morgan fingerprint density at radius 2 is 0.982 bits per heavy atom. The number of carbonyl (C=O) groups is 3. The molecule has 7 heteroatoms. The SMILES string of the molecule is CCCCCCC/C=C\C/C=C\C/C=C\CCCCCCCCCCC(=O)OC(/C=C\CCCCCCCC)CCCCCCC(=O)NC(CCCN)C(=O)O. The van der Waals surface area contributed by atoms with E-state index >= 15 is 0 Å². The minimum Gasteiger partial charge on any atom is -0.480 e. The highest BCUT2D eigenvalue weighted by atomic mass is 16.5. The first-order valence-corrected chi connectivity index (χ1v) is 23.5. The van der Waals surface area contributed by atoms with Crippen molar-refractivity contribution in [1.29, 1.82) is 0 Å². The van der Waals surface area contributed by atoms with E-state index in [0.717, 1.165) is 57.8 Å². The lowest BCUT2D eigenvalue weighted by Gasteiger charge is -2.15. The molecule has 56 heavy (non-hydrogen) atoms. The predicted octanol–water partition coefficient (Wildman–Crippen LogP) is 13.6. The summed E-state index contributed by atoms with van der Waals surface area (Å²) in [6.45, 7) is 4.91. The Hall–Kier alpha value is -2.67. The van der Waals surface area contributed by atoms with Gasteiger partial charge in [0.15, 0.2) is 0 Å². The number of carboxylic acids is 1. The third-order valence-corrected chi connectivity index (χ3v) is 10.4. The molecule has 0 aliphatic carbocycles. The molecule has 0 saturated carbocycles. The molecule has 2 unspecified atom stereocenters. The van der Waals surface area contributed by atoms with Gasteiger partial charge in [-0.15, -0.1) is 0 Å². The van der Waals surface area contributed by atoms with Crippen LogP contribution in [-0.2, 0) is 19.1 Å². The van der Waals surface area contributed by atoms with Gasteiger partial charge in [0, 0.05) is 12.8 Å². The molecule has 0 heterocycles. The third kappa shape index (κ3) is 39.6. The molecule has 1 amide bonds. The second-order valence-electron chi connectivity index (χ2n) is 15.8. The summed E-state index contributed by atoms with van der Waals surface area (Å²) in [5.41, 5.74) is 5.49. The lowest BCUT2D eigenvalue weighted by Crippen LogP contribution is -2.40. The van der Waals surface area contributed by atoms with E-state index in [2.05, 4.69) is 67.8 Å². The highest BCUT2D eigenvalue weighted by Gasteiger charge is 2.19. The standard InChI is InChI=1S/C49H88N2O5/c1-3-5-7-9-11-13-14-15-16-17-18-19-20-21-22-23-24-25-26-27-29-31-37-43-48(53)56-45(39-34-30-28-12-10-8-6-4-2)40-35-32-33-36-42-47(52)51-46(49(54)55)41-38-44-50/h14-15,17-18,20-21,34,39,45-46H,3-13,16,19,22-33,35-38,40-44,50H2,1-2H3,(H,51,52)(H,54,55)/b15-14-,18-17-,21-20-,39-34-. The summed E-state index contributed by atoms with van der Waals surface area (Å²) in [5.74, 6) is -1.33. The number of aliphatic carboxylic acids is 1. The second kappa shape index (κ2) is 43.5. The Morgan fingerprint density at radius 3 is 1.50 bits per heavy atom. The van der Waals surface area contributed by atoms with Crippen molar-refractivity contribution in [2.75, 3.05) is 6.54 Å². The van der Waals surface area contributed by atoms with Crippen LogP contribution in [0.25, 0.3) is 0 Å². The van der Waals surface area contributed by atoms with Crippen LogP contribution >= 0.6 is 0 Å². The number of nitrogens with one attached hydrogen (secondary N) is 1. The molecule has 0 rings (SSSR count). The molecule has 4 N–H and O–H groups in total. The number of amides is 1. The zero-order valence-electron chi connectivity index (χ0n) is 36.5. The minimum absolute atomic E-state index is 0.0950. The molecular weight excluding hydrogens is 697 g/mol. The maximum absolute atomic E-state index is 12.8. The number of ether oxygens (including phenoxy) is 1. The number of unbranched alkanes of at least 4 members (excludes halogenated alkanes) is 22. The van der Waals surface area contributed by atoms with E-state index < -0.39 is 12.0 Å². The average molecular weight is 785 g/mol. The van der Waals surface area contributed by atoms with Crippen LogP contribution in [0, 0.1) is 0 Å². The van der Waals surface area contributed by atoms with Crippen LogP contribution < -0.4 is 11.1 Å². The van der Waals surface area contributed by atoms with Crippen LogP contribution in [0.3, 0.4) is 0 Å². The quantitative estimate of drug-likeness (QED) is 0.0322. The molecule has 0 bridgehead atoms. The van der Waals surface area contributed by atoms with Crippen LogP contribution in [-0.4, -0.2) is 41.6 Å². The summed E-state index contributed by atoms with van der Waals surface area (Å²) >= 11 is 0. The van der Waals surface area contributed by atoms with Crippen molar-refractivity contribution in [3.8, 4) is 0 Å². The molecule has 7 nitrogen and oxygen atoms in total. The van der Waals surface area contributed by atoms with Crippen molar-refractivity contribution in [3.05, 3.63) is 48.6 Å². The van der Waals surface area contributed by atoms with Crippen LogP contribution in [0.15, 0.2) is 48.6 Å². The van der Waals surface area contributed by atoms with Crippen molar-refractivity contribution in [1.82, 2.24) is 5.32 Å². The highest BCUT2D eigenvalue weighted by Crippen LogP contribution is 2.16. The van der Waals surface area contributed by atoms with Crippen molar-refractivity contribution in [2.45, 2.75) is 238 Å². The van der Waals surface area contributed by atoms with E-state index in [1.807, 2.05) is 0 Å². The zero-order chi connectivity index (χ0) is 41.0. The molecule has 2 atom stereocenters. The van der Waals surface area contributed by atoms with E-state index in [-0.39, 0.29) is 18.0 Å². The van der Waals surface area contributed by atoms with Crippen molar-refractivity contribution in [3.63, 3.8) is 0 Å². The summed E-state index contributed by atoms with van der Waals surface area (Å²) in [5, 5.41) is 11.9. The first kappa shape index (κ1) is 53.3. The molecule has 0 aromatic rings. The van der Waals surface area contributed by atoms with Crippen LogP contribution in [0.2, 0.25) is 0 Å². The van der Waals surface area contributed by atoms with Gasteiger partial charge in [0.2, 0.25) is 5.91 Å². The average Bonchev–Trinajstić information content (AvgIpc) is 3.18. The lowest BCUT2D eigenvalue weighted by atomic mass is 10.1. The Labute approximate surface area is 345 Å². The molecular formula is C49H88N2O5. The predicted molar refractivity (Wildman–Crippen MR) is 239 cm³/mol. The third-order valence-electron chi connectivity index (χ3n) is 10.4. The topological polar surface area (TPSA) is 119 Å². The maximum Gasteiger partial charge on any atom is 0.326 e. The van der Waals surface area contributed by atoms with E-state index in [4.69, 9.17) is 10.5 Å². The van der Waals surface area contributed by atoms with Gasteiger partial charge in [-0.05, 0) is 103 Å². The van der Waals surface area contributed by atoms with E-state index in [1.54, 1.807) is 0 Å². The number of carboxylic acid groups (broad SMARTS) is 1. The van der Waals surface area contributed by atoms with Gasteiger partial charge in [0.25, 0.3) is 0 Å². The van der Waals surface area contributed by atoms with E-state index in [1.165, 1.54) is 122 Å². The first-order chi connectivity index (χ1) is 27.4. The molecule has 0 aliphatic heterocycles. The van der Waals surface area contributed by atoms with Gasteiger partial charge >= 0.3 is 11.9 Å². The largest absolute Gasteiger partial charge is 0.480 e. The van der Waals surface area contributed by atoms with Crippen molar-refractivity contribution < 1.29 is 24.2 Å². The van der Waals surface area contributed by atoms with Gasteiger partial charge in [0.05, 0.1) is 0 Å². The van der Waals surface area contributed by atoms with Crippen molar-refractivity contribution >= 4 is 17.8 Å². The van der Waals surface area contributed by atoms with Crippen molar-refractivity contribution in [2.24, 2.45) is 5.73 Å². The summed E-state index contributed by atoms with van der Waals surface area (Å²) in [4.78, 5) is 36.4. The molecule has 0 spiro atoms. The van der Waals surface area contributed by atoms with Gasteiger partial charge in [0.1, 0.15) is 12.1 Å². The summed E-state index contributed by atoms with van der Waals surface area (Å²) < 4.78 is 5.94. The summed E-state index contributed by atoms with van der Waals surface area (Å²) in [6, 6.07) is -0.872. The fraction of sp³-hybridized carbons (Fsp3) is 0.776. The number of hydrogen-bond acceptors (Lipinski definition) is 5. The lowest BCUT2D eigenvalue weighted by molar-refractivity contribution is -0.147. The first-order valence-electron chi connectivity index (χ1n) is 23.5. The number of esters is 1. The fourth-order valence-corrected chi connectivity index (χ4v) is 6.78. The van der Waals surface area contributed by atoms with Gasteiger partial charge < -0.3 is 20.9 Å². The Balaban J connectivity index is 4.16. The van der Waals surface area contributed by atoms with Gasteiger partial charge in [-0.3, -0.25) is 9.59 Å². The van der Waals surface area contributed by atoms with E-state index in [0.29, 0.717) is 38.6 Å².